The molecule has 4 heteroatoms. The zero-order chi connectivity index (χ0) is 21.9. The number of aromatic nitrogens is 1. The van der Waals surface area contributed by atoms with Gasteiger partial charge in [-0.1, -0.05) is 63.6 Å². The summed E-state index contributed by atoms with van der Waals surface area (Å²) in [6, 6.07) is 6.96. The second-order valence-electron chi connectivity index (χ2n) is 8.51. The van der Waals surface area contributed by atoms with E-state index in [2.05, 4.69) is 25.1 Å². The minimum atomic E-state index is -1.65. The van der Waals surface area contributed by atoms with Crippen molar-refractivity contribution in [2.75, 3.05) is 5.73 Å². The van der Waals surface area contributed by atoms with E-state index in [0.29, 0.717) is 39.6 Å². The molecule has 0 bridgehead atoms. The van der Waals surface area contributed by atoms with Crippen molar-refractivity contribution in [1.29, 1.82) is 5.41 Å². The highest BCUT2D eigenvalue weighted by Crippen LogP contribution is 2.38. The van der Waals surface area contributed by atoms with Crippen LogP contribution in [0.3, 0.4) is 0 Å². The first-order valence-corrected chi connectivity index (χ1v) is 10.7. The van der Waals surface area contributed by atoms with Gasteiger partial charge in [-0.25, -0.2) is 4.39 Å². The van der Waals surface area contributed by atoms with E-state index in [4.69, 9.17) is 11.1 Å². The summed E-state index contributed by atoms with van der Waals surface area (Å²) in [5.41, 5.74) is 8.98. The number of rotatable bonds is 7. The second kappa shape index (κ2) is 8.95. The van der Waals surface area contributed by atoms with Crippen LogP contribution in [0.2, 0.25) is 0 Å². The van der Waals surface area contributed by atoms with Crippen molar-refractivity contribution in [3.05, 3.63) is 77.6 Å². The largest absolute Gasteiger partial charge is 0.398 e. The lowest BCUT2D eigenvalue weighted by Crippen LogP contribution is -2.20. The molecule has 1 aromatic heterocycles. The van der Waals surface area contributed by atoms with Gasteiger partial charge in [0.25, 0.3) is 0 Å². The average Bonchev–Trinajstić information content (AvgIpc) is 2.78. The van der Waals surface area contributed by atoms with Gasteiger partial charge in [0.05, 0.1) is 11.4 Å². The summed E-state index contributed by atoms with van der Waals surface area (Å²) in [6.07, 6.45) is 10.8. The number of allylic oxidation sites excluding steroid dienone is 1. The molecule has 0 spiro atoms. The number of nitrogens with two attached hydrogens (primary N) is 1. The van der Waals surface area contributed by atoms with Crippen molar-refractivity contribution in [2.24, 2.45) is 5.92 Å². The third kappa shape index (κ3) is 4.23. The van der Waals surface area contributed by atoms with E-state index in [9.17, 15) is 4.39 Å². The van der Waals surface area contributed by atoms with Gasteiger partial charge in [0.15, 0.2) is 5.67 Å². The number of nitrogen functional groups attached to an aromatic ring is 1. The number of benzene rings is 1. The van der Waals surface area contributed by atoms with Gasteiger partial charge in [-0.3, -0.25) is 10.4 Å². The molecule has 3 nitrogen and oxygen atoms in total. The number of hydrogen-bond acceptors (Lipinski definition) is 3. The molecule has 2 unspecified atom stereocenters. The van der Waals surface area contributed by atoms with Gasteiger partial charge in [0.1, 0.15) is 0 Å². The van der Waals surface area contributed by atoms with Gasteiger partial charge in [-0.2, -0.15) is 0 Å². The summed E-state index contributed by atoms with van der Waals surface area (Å²) in [5.74, 6) is 0.784. The highest BCUT2D eigenvalue weighted by Gasteiger charge is 2.28. The predicted molar refractivity (Wildman–Crippen MR) is 125 cm³/mol. The van der Waals surface area contributed by atoms with Crippen LogP contribution in [0.15, 0.2) is 49.7 Å². The van der Waals surface area contributed by atoms with Crippen molar-refractivity contribution >= 4 is 17.5 Å². The van der Waals surface area contributed by atoms with Crippen molar-refractivity contribution < 1.29 is 4.39 Å². The van der Waals surface area contributed by atoms with Crippen LogP contribution in [-0.2, 0) is 5.67 Å². The topological polar surface area (TPSA) is 62.8 Å². The fourth-order valence-corrected chi connectivity index (χ4v) is 4.48. The smallest absolute Gasteiger partial charge is 0.151 e. The standard InChI is InChI=1S/C26H32FN3/c1-5-18-16-20(26(4,27)6-2)12-13-21(18)24(29)23-22(28)14-15-30-25(23)17(3)19-10-8-7-9-11-19/h5-6,12-17,19,29H,1-2,7-11H2,3-4H3,(H2,28,30). The van der Waals surface area contributed by atoms with Gasteiger partial charge in [0, 0.05) is 28.9 Å². The van der Waals surface area contributed by atoms with Gasteiger partial charge in [-0.15, -0.1) is 0 Å². The molecule has 1 aliphatic carbocycles. The minimum absolute atomic E-state index is 0.227. The Labute approximate surface area is 179 Å². The van der Waals surface area contributed by atoms with Gasteiger partial charge >= 0.3 is 0 Å². The quantitative estimate of drug-likeness (QED) is 0.394. The van der Waals surface area contributed by atoms with Crippen LogP contribution in [0.4, 0.5) is 10.1 Å². The molecule has 3 N–H and O–H groups in total. The summed E-state index contributed by atoms with van der Waals surface area (Å²) >= 11 is 0. The summed E-state index contributed by atoms with van der Waals surface area (Å²) in [4.78, 5) is 4.67. The molecular formula is C26H32FN3. The molecule has 1 saturated carbocycles. The summed E-state index contributed by atoms with van der Waals surface area (Å²) < 4.78 is 14.7. The van der Waals surface area contributed by atoms with E-state index in [1.807, 2.05) is 0 Å². The molecule has 158 valence electrons. The maximum atomic E-state index is 14.7. The van der Waals surface area contributed by atoms with Gasteiger partial charge in [-0.05, 0) is 48.9 Å². The molecule has 0 amide bonds. The minimum Gasteiger partial charge on any atom is -0.398 e. The van der Waals surface area contributed by atoms with Gasteiger partial charge < -0.3 is 5.73 Å². The van der Waals surface area contributed by atoms with E-state index in [1.165, 1.54) is 45.1 Å². The van der Waals surface area contributed by atoms with Crippen molar-refractivity contribution in [2.45, 2.75) is 57.5 Å². The normalized spacial score (nSPS) is 17.7. The highest BCUT2D eigenvalue weighted by molar-refractivity contribution is 6.16. The molecule has 1 heterocycles. The van der Waals surface area contributed by atoms with E-state index in [0.717, 1.165) is 5.69 Å². The van der Waals surface area contributed by atoms with Crippen molar-refractivity contribution in [1.82, 2.24) is 4.98 Å². The van der Waals surface area contributed by atoms with Crippen LogP contribution in [0.25, 0.3) is 6.08 Å². The highest BCUT2D eigenvalue weighted by atomic mass is 19.1. The second-order valence-corrected chi connectivity index (χ2v) is 8.51. The fraction of sp³-hybridized carbons (Fsp3) is 0.385. The number of nitrogens with zero attached hydrogens (tertiary/aromatic N) is 1. The Hall–Kier alpha value is -2.75. The van der Waals surface area contributed by atoms with E-state index < -0.39 is 5.67 Å². The van der Waals surface area contributed by atoms with Crippen LogP contribution < -0.4 is 5.73 Å². The average molecular weight is 406 g/mol. The number of halogens is 1. The summed E-state index contributed by atoms with van der Waals surface area (Å²) in [7, 11) is 0. The molecule has 1 fully saturated rings. The van der Waals surface area contributed by atoms with Crippen LogP contribution in [0.5, 0.6) is 0 Å². The van der Waals surface area contributed by atoms with Gasteiger partial charge in [0.2, 0.25) is 0 Å². The van der Waals surface area contributed by atoms with E-state index in [-0.39, 0.29) is 5.92 Å². The molecule has 1 aromatic carbocycles. The zero-order valence-electron chi connectivity index (χ0n) is 18.0. The summed E-state index contributed by atoms with van der Waals surface area (Å²) in [5, 5.41) is 8.99. The first kappa shape index (κ1) is 21.9. The molecular weight excluding hydrogens is 373 g/mol. The van der Waals surface area contributed by atoms with Crippen LogP contribution in [0, 0.1) is 11.3 Å². The monoisotopic (exact) mass is 405 g/mol. The predicted octanol–water partition coefficient (Wildman–Crippen LogP) is 6.78. The zero-order valence-corrected chi connectivity index (χ0v) is 18.0. The maximum absolute atomic E-state index is 14.7. The molecule has 2 atom stereocenters. The van der Waals surface area contributed by atoms with Crippen LogP contribution >= 0.6 is 0 Å². The number of anilines is 1. The molecule has 2 aromatic rings. The van der Waals surface area contributed by atoms with Crippen molar-refractivity contribution in [3.8, 4) is 0 Å². The molecule has 3 rings (SSSR count). The Morgan fingerprint density at radius 3 is 2.60 bits per heavy atom. The molecule has 0 saturated heterocycles. The molecule has 30 heavy (non-hydrogen) atoms. The van der Waals surface area contributed by atoms with E-state index in [1.54, 1.807) is 36.5 Å². The Morgan fingerprint density at radius 1 is 1.27 bits per heavy atom. The Kier molecular flexibility index (Phi) is 6.55. The van der Waals surface area contributed by atoms with Crippen LogP contribution in [0.1, 0.15) is 79.8 Å². The third-order valence-electron chi connectivity index (χ3n) is 6.54. The Bertz CT molecular complexity index is 955. The van der Waals surface area contributed by atoms with Crippen LogP contribution in [-0.4, -0.2) is 10.7 Å². The maximum Gasteiger partial charge on any atom is 0.151 e. The number of pyridine rings is 1. The molecule has 0 aliphatic heterocycles. The van der Waals surface area contributed by atoms with E-state index >= 15 is 0 Å². The summed E-state index contributed by atoms with van der Waals surface area (Å²) in [6.45, 7) is 11.1. The lowest BCUT2D eigenvalue weighted by Gasteiger charge is -2.29. The lowest BCUT2D eigenvalue weighted by molar-refractivity contribution is 0.264. The number of alkyl halides is 1. The molecule has 1 aliphatic rings. The SMILES string of the molecule is C=Cc1cc(C(C)(F)C=C)ccc1C(=N)c1c(N)ccnc1C(C)C1CCCCC1. The Balaban J connectivity index is 2.05. The third-order valence-corrected chi connectivity index (χ3v) is 6.54. The Morgan fingerprint density at radius 2 is 1.97 bits per heavy atom. The fourth-order valence-electron chi connectivity index (χ4n) is 4.48. The number of hydrogen-bond donors (Lipinski definition) is 2. The number of nitrogens with one attached hydrogen (secondary N) is 1. The molecule has 0 radical (unpaired) electrons. The lowest BCUT2D eigenvalue weighted by atomic mass is 9.77. The van der Waals surface area contributed by atoms with Crippen molar-refractivity contribution in [3.63, 3.8) is 0 Å². The first-order valence-electron chi connectivity index (χ1n) is 10.7. The first-order chi connectivity index (χ1) is 14.3.